The van der Waals surface area contributed by atoms with Gasteiger partial charge in [0.2, 0.25) is 0 Å². The first-order valence-corrected chi connectivity index (χ1v) is 8.35. The molecule has 2 fully saturated rings. The number of pyridine rings is 1. The van der Waals surface area contributed by atoms with Crippen molar-refractivity contribution in [3.05, 3.63) is 65.7 Å². The average molecular weight is 311 g/mol. The molecule has 2 aliphatic heterocycles. The highest BCUT2D eigenvalue weighted by Gasteiger charge is 2.39. The van der Waals surface area contributed by atoms with Crippen LogP contribution in [0.4, 0.5) is 4.39 Å². The predicted molar refractivity (Wildman–Crippen MR) is 88.2 cm³/mol. The van der Waals surface area contributed by atoms with Crippen molar-refractivity contribution in [3.63, 3.8) is 0 Å². The molecule has 2 atom stereocenters. The van der Waals surface area contributed by atoms with Gasteiger partial charge in [0.15, 0.2) is 0 Å². The van der Waals surface area contributed by atoms with Crippen LogP contribution in [0, 0.1) is 17.7 Å². The maximum atomic E-state index is 13.3. The standard InChI is InChI=1S/C19H22FN3/c20-18-5-3-4-15(8-18)9-22-10-16-12-23(13-17(16)11-22)14-19-6-1-2-7-21-19/h1-8,16-17H,9-14H2/t16-,17-/m1/s1. The van der Waals surface area contributed by atoms with E-state index in [0.717, 1.165) is 62.4 Å². The summed E-state index contributed by atoms with van der Waals surface area (Å²) in [6.45, 7) is 6.38. The van der Waals surface area contributed by atoms with E-state index in [1.807, 2.05) is 18.3 Å². The van der Waals surface area contributed by atoms with E-state index in [1.165, 1.54) is 6.07 Å². The van der Waals surface area contributed by atoms with Gasteiger partial charge >= 0.3 is 0 Å². The van der Waals surface area contributed by atoms with Gasteiger partial charge in [0.1, 0.15) is 5.82 Å². The summed E-state index contributed by atoms with van der Waals surface area (Å²) >= 11 is 0. The summed E-state index contributed by atoms with van der Waals surface area (Å²) in [7, 11) is 0. The molecule has 2 aromatic rings. The fourth-order valence-electron chi connectivity index (χ4n) is 4.06. The SMILES string of the molecule is Fc1cccc(CN2C[C@@H]3CN(Cc4ccccn4)C[C@H]3C2)c1. The maximum Gasteiger partial charge on any atom is 0.123 e. The lowest BCUT2D eigenvalue weighted by Crippen LogP contribution is -2.28. The first kappa shape index (κ1) is 14.8. The fraction of sp³-hybridized carbons (Fsp3) is 0.421. The Hall–Kier alpha value is -1.78. The average Bonchev–Trinajstić information content (AvgIpc) is 3.06. The normalized spacial score (nSPS) is 24.9. The molecule has 3 nitrogen and oxygen atoms in total. The Morgan fingerprint density at radius 1 is 0.913 bits per heavy atom. The van der Waals surface area contributed by atoms with Crippen LogP contribution in [0.15, 0.2) is 48.7 Å². The molecule has 0 aliphatic carbocycles. The van der Waals surface area contributed by atoms with Gasteiger partial charge in [0, 0.05) is 45.5 Å². The van der Waals surface area contributed by atoms with Crippen molar-refractivity contribution in [3.8, 4) is 0 Å². The van der Waals surface area contributed by atoms with Crippen molar-refractivity contribution in [2.75, 3.05) is 26.2 Å². The highest BCUT2D eigenvalue weighted by molar-refractivity contribution is 5.16. The summed E-state index contributed by atoms with van der Waals surface area (Å²) in [5, 5.41) is 0. The van der Waals surface area contributed by atoms with Gasteiger partial charge in [-0.2, -0.15) is 0 Å². The highest BCUT2D eigenvalue weighted by atomic mass is 19.1. The summed E-state index contributed by atoms with van der Waals surface area (Å²) < 4.78 is 13.3. The van der Waals surface area contributed by atoms with E-state index >= 15 is 0 Å². The molecule has 1 aromatic heterocycles. The van der Waals surface area contributed by atoms with E-state index in [4.69, 9.17) is 0 Å². The molecule has 2 saturated heterocycles. The topological polar surface area (TPSA) is 19.4 Å². The van der Waals surface area contributed by atoms with Gasteiger partial charge in [-0.25, -0.2) is 4.39 Å². The van der Waals surface area contributed by atoms with Crippen LogP contribution in [-0.2, 0) is 13.1 Å². The smallest absolute Gasteiger partial charge is 0.123 e. The van der Waals surface area contributed by atoms with E-state index in [-0.39, 0.29) is 5.82 Å². The zero-order valence-electron chi connectivity index (χ0n) is 13.2. The Labute approximate surface area is 136 Å². The number of halogens is 1. The lowest BCUT2D eigenvalue weighted by molar-refractivity contribution is 0.244. The molecule has 2 aliphatic rings. The molecular formula is C19H22FN3. The first-order valence-electron chi connectivity index (χ1n) is 8.35. The van der Waals surface area contributed by atoms with Crippen molar-refractivity contribution < 1.29 is 4.39 Å². The lowest BCUT2D eigenvalue weighted by atomic mass is 10.0. The molecule has 0 unspecified atom stereocenters. The third kappa shape index (κ3) is 3.43. The van der Waals surface area contributed by atoms with Gasteiger partial charge in [0.05, 0.1) is 5.69 Å². The fourth-order valence-corrected chi connectivity index (χ4v) is 4.06. The first-order chi connectivity index (χ1) is 11.3. The second-order valence-electron chi connectivity index (χ2n) is 6.86. The molecule has 0 spiro atoms. The van der Waals surface area contributed by atoms with E-state index < -0.39 is 0 Å². The molecule has 4 rings (SSSR count). The Morgan fingerprint density at radius 3 is 2.30 bits per heavy atom. The number of rotatable bonds is 4. The van der Waals surface area contributed by atoms with E-state index in [2.05, 4.69) is 26.9 Å². The minimum atomic E-state index is -0.136. The van der Waals surface area contributed by atoms with Gasteiger partial charge in [-0.1, -0.05) is 18.2 Å². The van der Waals surface area contributed by atoms with Crippen LogP contribution in [0.1, 0.15) is 11.3 Å². The summed E-state index contributed by atoms with van der Waals surface area (Å²) in [5.74, 6) is 1.35. The van der Waals surface area contributed by atoms with Crippen molar-refractivity contribution in [1.82, 2.24) is 14.8 Å². The molecular weight excluding hydrogens is 289 g/mol. The zero-order chi connectivity index (χ0) is 15.6. The molecule has 0 amide bonds. The quantitative estimate of drug-likeness (QED) is 0.865. The second-order valence-corrected chi connectivity index (χ2v) is 6.86. The minimum absolute atomic E-state index is 0.136. The van der Waals surface area contributed by atoms with Crippen LogP contribution in [0.5, 0.6) is 0 Å². The molecule has 3 heterocycles. The van der Waals surface area contributed by atoms with Gasteiger partial charge in [-0.15, -0.1) is 0 Å². The molecule has 23 heavy (non-hydrogen) atoms. The van der Waals surface area contributed by atoms with Gasteiger partial charge in [0.25, 0.3) is 0 Å². The Bertz CT molecular complexity index is 647. The van der Waals surface area contributed by atoms with Crippen LogP contribution in [0.25, 0.3) is 0 Å². The minimum Gasteiger partial charge on any atom is -0.298 e. The largest absolute Gasteiger partial charge is 0.298 e. The number of benzene rings is 1. The maximum absolute atomic E-state index is 13.3. The molecule has 0 N–H and O–H groups in total. The summed E-state index contributed by atoms with van der Waals surface area (Å²) in [6, 6.07) is 13.1. The summed E-state index contributed by atoms with van der Waals surface area (Å²) in [6.07, 6.45) is 1.87. The van der Waals surface area contributed by atoms with Crippen LogP contribution in [0.3, 0.4) is 0 Å². The molecule has 4 heteroatoms. The number of fused-ring (bicyclic) bond motifs is 1. The Morgan fingerprint density at radius 2 is 1.65 bits per heavy atom. The van der Waals surface area contributed by atoms with Gasteiger partial charge < -0.3 is 0 Å². The Balaban J connectivity index is 1.31. The molecule has 120 valence electrons. The second kappa shape index (κ2) is 6.38. The zero-order valence-corrected chi connectivity index (χ0v) is 13.2. The van der Waals surface area contributed by atoms with Gasteiger partial charge in [-0.3, -0.25) is 14.8 Å². The lowest BCUT2D eigenvalue weighted by Gasteiger charge is -2.21. The molecule has 1 aromatic carbocycles. The van der Waals surface area contributed by atoms with E-state index in [1.54, 1.807) is 12.1 Å². The van der Waals surface area contributed by atoms with Gasteiger partial charge in [-0.05, 0) is 41.7 Å². The van der Waals surface area contributed by atoms with Crippen molar-refractivity contribution in [2.24, 2.45) is 11.8 Å². The number of likely N-dealkylation sites (tertiary alicyclic amines) is 2. The van der Waals surface area contributed by atoms with Crippen LogP contribution >= 0.6 is 0 Å². The number of nitrogens with zero attached hydrogens (tertiary/aromatic N) is 3. The predicted octanol–water partition coefficient (Wildman–Crippen LogP) is 2.78. The molecule has 0 bridgehead atoms. The van der Waals surface area contributed by atoms with E-state index in [0.29, 0.717) is 0 Å². The van der Waals surface area contributed by atoms with Crippen molar-refractivity contribution >= 4 is 0 Å². The van der Waals surface area contributed by atoms with E-state index in [9.17, 15) is 4.39 Å². The Kier molecular flexibility index (Phi) is 4.10. The number of hydrogen-bond donors (Lipinski definition) is 0. The van der Waals surface area contributed by atoms with Crippen LogP contribution in [-0.4, -0.2) is 41.0 Å². The van der Waals surface area contributed by atoms with Crippen molar-refractivity contribution in [2.45, 2.75) is 13.1 Å². The van der Waals surface area contributed by atoms with Crippen LogP contribution < -0.4 is 0 Å². The van der Waals surface area contributed by atoms with Crippen LogP contribution in [0.2, 0.25) is 0 Å². The highest BCUT2D eigenvalue weighted by Crippen LogP contribution is 2.32. The summed E-state index contributed by atoms with van der Waals surface area (Å²) in [4.78, 5) is 9.43. The number of aromatic nitrogens is 1. The third-order valence-corrected chi connectivity index (χ3v) is 5.04. The van der Waals surface area contributed by atoms with Crippen molar-refractivity contribution in [1.29, 1.82) is 0 Å². The molecule has 0 radical (unpaired) electrons. The number of hydrogen-bond acceptors (Lipinski definition) is 3. The monoisotopic (exact) mass is 311 g/mol. The summed E-state index contributed by atoms with van der Waals surface area (Å²) in [5.41, 5.74) is 2.24. The molecule has 0 saturated carbocycles. The third-order valence-electron chi connectivity index (χ3n) is 5.04.